The van der Waals surface area contributed by atoms with Crippen molar-refractivity contribution in [2.45, 2.75) is 19.5 Å². The summed E-state index contributed by atoms with van der Waals surface area (Å²) in [5, 5.41) is 4.43. The second kappa shape index (κ2) is 8.51. The molecule has 7 heteroatoms. The van der Waals surface area contributed by atoms with Gasteiger partial charge in [0, 0.05) is 29.0 Å². The van der Waals surface area contributed by atoms with Crippen molar-refractivity contribution in [3.8, 4) is 0 Å². The van der Waals surface area contributed by atoms with E-state index in [1.54, 1.807) is 20.0 Å². The molecule has 31 heavy (non-hydrogen) atoms. The van der Waals surface area contributed by atoms with Gasteiger partial charge in [0.15, 0.2) is 0 Å². The van der Waals surface area contributed by atoms with Gasteiger partial charge >= 0.3 is 0 Å². The Morgan fingerprint density at radius 3 is 2.52 bits per heavy atom. The summed E-state index contributed by atoms with van der Waals surface area (Å²) in [6, 6.07) is 18.2. The van der Waals surface area contributed by atoms with E-state index < -0.39 is 6.04 Å². The smallest absolute Gasteiger partial charge is 0.259 e. The second-order valence-corrected chi connectivity index (χ2v) is 8.43. The Kier molecular flexibility index (Phi) is 5.78. The first-order chi connectivity index (χ1) is 14.9. The van der Waals surface area contributed by atoms with Crippen molar-refractivity contribution in [1.29, 1.82) is 0 Å². The van der Waals surface area contributed by atoms with Crippen molar-refractivity contribution in [3.05, 3.63) is 76.3 Å². The minimum Gasteiger partial charge on any atom is -0.357 e. The predicted octanol–water partition coefficient (Wildman–Crippen LogP) is 3.73. The SMILES string of the molecule is CNC(=O)[C@@H](C)N(Cc1cccc(Br)c1)C(=O)CN1C(=O)c2cccc3cccc1c23. The molecule has 1 heterocycles. The molecular formula is C24H22BrN3O3. The van der Waals surface area contributed by atoms with Crippen molar-refractivity contribution in [2.24, 2.45) is 0 Å². The molecule has 1 aliphatic rings. The number of anilines is 1. The molecule has 1 aliphatic heterocycles. The number of hydrogen-bond donors (Lipinski definition) is 1. The van der Waals surface area contributed by atoms with E-state index in [9.17, 15) is 14.4 Å². The van der Waals surface area contributed by atoms with Gasteiger partial charge in [-0.1, -0.05) is 52.3 Å². The molecule has 0 aromatic heterocycles. The number of nitrogens with zero attached hydrogens (tertiary/aromatic N) is 2. The topological polar surface area (TPSA) is 69.7 Å². The van der Waals surface area contributed by atoms with Gasteiger partial charge in [-0.3, -0.25) is 19.3 Å². The summed E-state index contributed by atoms with van der Waals surface area (Å²) in [6.07, 6.45) is 0. The first-order valence-electron chi connectivity index (χ1n) is 10.00. The van der Waals surface area contributed by atoms with Crippen molar-refractivity contribution in [2.75, 3.05) is 18.5 Å². The third-order valence-electron chi connectivity index (χ3n) is 5.60. The fraction of sp³-hybridized carbons (Fsp3) is 0.208. The number of halogens is 1. The van der Waals surface area contributed by atoms with E-state index in [-0.39, 0.29) is 30.8 Å². The van der Waals surface area contributed by atoms with Crippen LogP contribution < -0.4 is 10.2 Å². The molecular weight excluding hydrogens is 458 g/mol. The van der Waals surface area contributed by atoms with Crippen LogP contribution in [0.15, 0.2) is 65.1 Å². The van der Waals surface area contributed by atoms with Gasteiger partial charge in [0.2, 0.25) is 11.8 Å². The molecule has 158 valence electrons. The molecule has 3 aromatic carbocycles. The maximum absolute atomic E-state index is 13.4. The van der Waals surface area contributed by atoms with Crippen LogP contribution in [0.1, 0.15) is 22.8 Å². The standard InChI is InChI=1S/C24H22BrN3O3/c1-15(23(30)26-2)27(13-16-6-3-9-18(25)12-16)21(29)14-28-20-11-5-8-17-7-4-10-19(22(17)20)24(28)31/h3-12,15H,13-14H2,1-2H3,(H,26,30)/t15-/m1/s1. The first-order valence-corrected chi connectivity index (χ1v) is 10.8. The number of carbonyl (C=O) groups is 3. The van der Waals surface area contributed by atoms with Gasteiger partial charge in [-0.25, -0.2) is 0 Å². The molecule has 1 N–H and O–H groups in total. The van der Waals surface area contributed by atoms with E-state index in [0.29, 0.717) is 5.56 Å². The molecule has 1 atom stereocenters. The number of likely N-dealkylation sites (N-methyl/N-ethyl adjacent to an activating group) is 1. The van der Waals surface area contributed by atoms with Crippen LogP contribution in [-0.4, -0.2) is 42.3 Å². The van der Waals surface area contributed by atoms with E-state index in [4.69, 9.17) is 0 Å². The van der Waals surface area contributed by atoms with Crippen LogP contribution in [0.5, 0.6) is 0 Å². The molecule has 0 saturated heterocycles. The minimum absolute atomic E-state index is 0.137. The van der Waals surface area contributed by atoms with Crippen LogP contribution in [0, 0.1) is 0 Å². The Morgan fingerprint density at radius 2 is 1.81 bits per heavy atom. The highest BCUT2D eigenvalue weighted by atomic mass is 79.9. The molecule has 3 amide bonds. The summed E-state index contributed by atoms with van der Waals surface area (Å²) in [6.45, 7) is 1.81. The Hall–Kier alpha value is -3.19. The zero-order valence-corrected chi connectivity index (χ0v) is 18.8. The molecule has 0 fully saturated rings. The highest BCUT2D eigenvalue weighted by Gasteiger charge is 2.34. The van der Waals surface area contributed by atoms with Gasteiger partial charge < -0.3 is 10.2 Å². The Balaban J connectivity index is 1.64. The molecule has 0 spiro atoms. The second-order valence-electron chi connectivity index (χ2n) is 7.51. The van der Waals surface area contributed by atoms with E-state index in [0.717, 1.165) is 26.5 Å². The van der Waals surface area contributed by atoms with Crippen LogP contribution in [0.25, 0.3) is 10.8 Å². The van der Waals surface area contributed by atoms with E-state index in [2.05, 4.69) is 21.2 Å². The zero-order chi connectivity index (χ0) is 22.1. The Labute approximate surface area is 189 Å². The normalized spacial score (nSPS) is 13.4. The molecule has 0 unspecified atom stereocenters. The van der Waals surface area contributed by atoms with Crippen molar-refractivity contribution in [3.63, 3.8) is 0 Å². The predicted molar refractivity (Wildman–Crippen MR) is 124 cm³/mol. The van der Waals surface area contributed by atoms with Gasteiger partial charge in [0.1, 0.15) is 12.6 Å². The number of carbonyl (C=O) groups excluding carboxylic acids is 3. The van der Waals surface area contributed by atoms with Crippen molar-refractivity contribution in [1.82, 2.24) is 10.2 Å². The molecule has 0 radical (unpaired) electrons. The average molecular weight is 480 g/mol. The fourth-order valence-electron chi connectivity index (χ4n) is 3.99. The molecule has 3 aromatic rings. The van der Waals surface area contributed by atoms with Gasteiger partial charge in [-0.2, -0.15) is 0 Å². The number of rotatable bonds is 6. The summed E-state index contributed by atoms with van der Waals surface area (Å²) in [5.41, 5.74) is 2.21. The lowest BCUT2D eigenvalue weighted by Gasteiger charge is -2.30. The number of amides is 3. The minimum atomic E-state index is -0.688. The number of benzene rings is 3. The monoisotopic (exact) mass is 479 g/mol. The maximum Gasteiger partial charge on any atom is 0.259 e. The fourth-order valence-corrected chi connectivity index (χ4v) is 4.43. The zero-order valence-electron chi connectivity index (χ0n) is 17.3. The summed E-state index contributed by atoms with van der Waals surface area (Å²) < 4.78 is 0.891. The van der Waals surface area contributed by atoms with Gasteiger partial charge in [-0.05, 0) is 42.1 Å². The van der Waals surface area contributed by atoms with Crippen molar-refractivity contribution < 1.29 is 14.4 Å². The molecule has 0 aliphatic carbocycles. The van der Waals surface area contributed by atoms with Crippen LogP contribution in [0.2, 0.25) is 0 Å². The van der Waals surface area contributed by atoms with Crippen LogP contribution in [0.4, 0.5) is 5.69 Å². The molecule has 4 rings (SSSR count). The summed E-state index contributed by atoms with van der Waals surface area (Å²) >= 11 is 3.44. The first kappa shape index (κ1) is 21.1. The molecule has 0 saturated carbocycles. The van der Waals surface area contributed by atoms with Gasteiger partial charge in [0.25, 0.3) is 5.91 Å². The summed E-state index contributed by atoms with van der Waals surface area (Å²) in [5.74, 6) is -0.758. The van der Waals surface area contributed by atoms with Crippen molar-refractivity contribution >= 4 is 50.1 Å². The summed E-state index contributed by atoms with van der Waals surface area (Å²) in [7, 11) is 1.54. The molecule has 0 bridgehead atoms. The lowest BCUT2D eigenvalue weighted by molar-refractivity contribution is -0.139. The molecule has 6 nitrogen and oxygen atoms in total. The number of hydrogen-bond acceptors (Lipinski definition) is 3. The van der Waals surface area contributed by atoms with Crippen LogP contribution in [-0.2, 0) is 16.1 Å². The lowest BCUT2D eigenvalue weighted by atomic mass is 10.1. The third kappa shape index (κ3) is 3.93. The largest absolute Gasteiger partial charge is 0.357 e. The third-order valence-corrected chi connectivity index (χ3v) is 6.09. The quantitative estimate of drug-likeness (QED) is 0.585. The Morgan fingerprint density at radius 1 is 1.10 bits per heavy atom. The van der Waals surface area contributed by atoms with E-state index in [1.165, 1.54) is 9.80 Å². The summed E-state index contributed by atoms with van der Waals surface area (Å²) in [4.78, 5) is 41.8. The number of nitrogens with one attached hydrogen (secondary N) is 1. The lowest BCUT2D eigenvalue weighted by Crippen LogP contribution is -2.50. The Bertz CT molecular complexity index is 1190. The maximum atomic E-state index is 13.4. The highest BCUT2D eigenvalue weighted by molar-refractivity contribution is 9.10. The highest BCUT2D eigenvalue weighted by Crippen LogP contribution is 2.37. The van der Waals surface area contributed by atoms with E-state index >= 15 is 0 Å². The van der Waals surface area contributed by atoms with E-state index in [1.807, 2.05) is 54.6 Å². The van der Waals surface area contributed by atoms with Crippen LogP contribution in [0.3, 0.4) is 0 Å². The van der Waals surface area contributed by atoms with Crippen LogP contribution >= 0.6 is 15.9 Å². The van der Waals surface area contributed by atoms with Gasteiger partial charge in [-0.15, -0.1) is 0 Å². The van der Waals surface area contributed by atoms with Gasteiger partial charge in [0.05, 0.1) is 5.69 Å². The average Bonchev–Trinajstić information content (AvgIpc) is 3.04.